The molecule has 1 aromatic carbocycles. The summed E-state index contributed by atoms with van der Waals surface area (Å²) in [4.78, 5) is 4.81. The third kappa shape index (κ3) is 12.3. The second kappa shape index (κ2) is 22.5. The van der Waals surface area contributed by atoms with E-state index in [4.69, 9.17) is 146 Å². The van der Waals surface area contributed by atoms with Crippen molar-refractivity contribution in [2.45, 2.75) is 82.8 Å². The van der Waals surface area contributed by atoms with Gasteiger partial charge in [0.2, 0.25) is 0 Å². The number of benzene rings is 1. The zero-order valence-corrected chi connectivity index (χ0v) is 37.7. The number of nitrogens with zero attached hydrogens (tertiary/aromatic N) is 1. The van der Waals surface area contributed by atoms with Crippen LogP contribution in [-0.2, 0) is 9.31 Å². The van der Waals surface area contributed by atoms with Gasteiger partial charge in [-0.1, -0.05) is 18.2 Å². The average Bonchev–Trinajstić information content (AvgIpc) is 3.26. The highest BCUT2D eigenvalue weighted by Gasteiger charge is 2.54. The lowest BCUT2D eigenvalue weighted by atomic mass is 8.30. The largest absolute Gasteiger partial charge is 0.496 e. The quantitative estimate of drug-likeness (QED) is 0.151. The minimum atomic E-state index is -1.10. The topological polar surface area (TPSA) is 31.4 Å². The third-order valence-corrected chi connectivity index (χ3v) is 15.2. The van der Waals surface area contributed by atoms with Crippen LogP contribution in [0.25, 0.3) is 11.3 Å². The number of hydrogen-bond donors (Lipinski definition) is 0. The van der Waals surface area contributed by atoms with Crippen molar-refractivity contribution < 1.29 is 9.31 Å². The SMILES string of the molecule is CC1(C)OB(c2ccc(-c3ccc4c(c3)C3CC5CC(CC4C5)C3)nc2)OC1(C)C.[B][B]B(B([B])[B])B(B([B])[B])B(B(B([B])[B])B([B])[B])B(B(B([B])[B])B([B])[B])B(B([B])[B])B([B])[B]. The highest BCUT2D eigenvalue weighted by atomic mass is 16.7. The minimum Gasteiger partial charge on any atom is -0.399 e. The van der Waals surface area contributed by atoms with Crippen LogP contribution in [0.1, 0.15) is 82.8 Å². The molecule has 63 heavy (non-hydrogen) atoms. The van der Waals surface area contributed by atoms with Crippen LogP contribution in [0, 0.1) is 11.8 Å². The number of rotatable bonds is 17. The van der Waals surface area contributed by atoms with Crippen molar-refractivity contribution >= 4 is 247 Å². The van der Waals surface area contributed by atoms with Crippen molar-refractivity contribution in [3.05, 3.63) is 47.7 Å². The van der Waals surface area contributed by atoms with Gasteiger partial charge in [0.05, 0.1) is 16.9 Å². The Kier molecular flexibility index (Phi) is 19.4. The maximum absolute atomic E-state index is 6.21. The van der Waals surface area contributed by atoms with Crippen molar-refractivity contribution in [1.82, 2.24) is 4.98 Å². The Bertz CT molecular complexity index is 1700. The molecule has 2 atom stereocenters. The molecule has 3 fully saturated rings. The molecule has 2 aromatic rings. The molecule has 2 saturated carbocycles. The minimum absolute atomic E-state index is 0.328. The van der Waals surface area contributed by atoms with Gasteiger partial charge in [0.25, 0.3) is 0 Å². The molecule has 37 heteroatoms. The lowest BCUT2D eigenvalue weighted by Gasteiger charge is -2.51. The van der Waals surface area contributed by atoms with E-state index in [1.165, 1.54) is 44.7 Å². The second-order valence-corrected chi connectivity index (χ2v) is 20.1. The number of hydrogen-bond acceptors (Lipinski definition) is 3. The first-order valence-corrected chi connectivity index (χ1v) is 22.4. The first-order chi connectivity index (χ1) is 29.3. The van der Waals surface area contributed by atoms with Gasteiger partial charge in [0.1, 0.15) is 0 Å². The van der Waals surface area contributed by atoms with E-state index >= 15 is 0 Å². The van der Waals surface area contributed by atoms with Crippen LogP contribution in [0.3, 0.4) is 0 Å². The Morgan fingerprint density at radius 2 is 0.937 bits per heavy atom. The molecule has 35 radical (unpaired) electrons. The molecule has 255 valence electrons. The molecule has 5 aliphatic rings. The highest BCUT2D eigenvalue weighted by Crippen LogP contribution is 2.56. The van der Waals surface area contributed by atoms with Gasteiger partial charge < -0.3 is 9.31 Å². The van der Waals surface area contributed by atoms with Crippen molar-refractivity contribution in [2.24, 2.45) is 11.8 Å². The summed E-state index contributed by atoms with van der Waals surface area (Å²) in [5, 5.41) is 0. The van der Waals surface area contributed by atoms with Gasteiger partial charge >= 0.3 is 7.12 Å². The maximum atomic E-state index is 6.21. The van der Waals surface area contributed by atoms with Gasteiger partial charge in [-0.05, 0) is 107 Å². The highest BCUT2D eigenvalue weighted by molar-refractivity contribution is 8.29. The van der Waals surface area contributed by atoms with Gasteiger partial charge in [-0.2, -0.15) is 0 Å². The fourth-order valence-corrected chi connectivity index (χ4v) is 11.6. The van der Waals surface area contributed by atoms with E-state index in [-0.39, 0.29) is 18.3 Å². The molecule has 2 unspecified atom stereocenters. The van der Waals surface area contributed by atoms with Gasteiger partial charge in [0.15, 0.2) is 0 Å². The van der Waals surface area contributed by atoms with Crippen molar-refractivity contribution in [1.29, 1.82) is 0 Å². The van der Waals surface area contributed by atoms with Gasteiger partial charge in [0, 0.05) is 252 Å². The van der Waals surface area contributed by atoms with E-state index in [1.54, 1.807) is 11.1 Å². The van der Waals surface area contributed by atoms with Crippen LogP contribution in [0.2, 0.25) is 0 Å². The standard InChI is InChI=1S/C26H32BNO2.B33/c1-25(2)26(3,4)30-27(29-25)21-6-8-24(28-15-21)18-5-7-22-19-10-16-9-17(11-19)13-20(12-16)23(22)14-18;1-18-27(19(2)3)31(26(16)17)33(30(24(12)13)25(14)15)32(28(20(4)5)21(6)7)29(22(8)9)23(10)11/h5-8,14-17,19-20H,9-13H2,1-4H3;. The van der Waals surface area contributed by atoms with E-state index in [2.05, 4.69) is 58.0 Å². The summed E-state index contributed by atoms with van der Waals surface area (Å²) < 4.78 is 12.4. The predicted molar refractivity (Wildman–Crippen MR) is 311 cm³/mol. The first kappa shape index (κ1) is 54.4. The Morgan fingerprint density at radius 3 is 1.30 bits per heavy atom. The van der Waals surface area contributed by atoms with E-state index in [1.807, 2.05) is 6.20 Å². The zero-order valence-electron chi connectivity index (χ0n) is 37.7. The van der Waals surface area contributed by atoms with Gasteiger partial charge in [-0.25, -0.2) is 0 Å². The second-order valence-electron chi connectivity index (χ2n) is 20.1. The van der Waals surface area contributed by atoms with Crippen LogP contribution in [0.15, 0.2) is 36.5 Å². The van der Waals surface area contributed by atoms with E-state index < -0.39 is 95.8 Å². The molecule has 1 aromatic heterocycles. The summed E-state index contributed by atoms with van der Waals surface area (Å²) in [6.07, 6.45) is -5.76. The lowest BCUT2D eigenvalue weighted by Crippen LogP contribution is -2.89. The van der Waals surface area contributed by atoms with Crippen LogP contribution < -0.4 is 5.46 Å². The Balaban J connectivity index is 0.000000238. The van der Waals surface area contributed by atoms with Crippen molar-refractivity contribution in [3.63, 3.8) is 0 Å². The Labute approximate surface area is 412 Å². The van der Waals surface area contributed by atoms with Crippen molar-refractivity contribution in [2.75, 3.05) is 0 Å². The molecule has 2 heterocycles. The molecule has 0 amide bonds. The number of aromatic nitrogens is 1. The smallest absolute Gasteiger partial charge is 0.399 e. The normalized spacial score (nSPS) is 20.6. The monoisotopic (exact) mass is 765 g/mol. The zero-order chi connectivity index (χ0) is 47.0. The summed E-state index contributed by atoms with van der Waals surface area (Å²) in [6.45, 7) is 8.35. The molecule has 1 aliphatic heterocycles. The van der Waals surface area contributed by atoms with Crippen LogP contribution in [0.5, 0.6) is 0 Å². The molecular weight excluding hydrogens is 726 g/mol. The van der Waals surface area contributed by atoms with E-state index in [9.17, 15) is 0 Å². The van der Waals surface area contributed by atoms with Gasteiger partial charge in [-0.3, -0.25) is 4.98 Å². The Morgan fingerprint density at radius 1 is 0.524 bits per heavy atom. The summed E-state index contributed by atoms with van der Waals surface area (Å²) in [5.74, 6) is 3.48. The number of pyridine rings is 1. The third-order valence-electron chi connectivity index (χ3n) is 15.2. The summed E-state index contributed by atoms with van der Waals surface area (Å²) in [7, 11) is 104. The van der Waals surface area contributed by atoms with E-state index in [0.717, 1.165) is 34.8 Å². The molecule has 0 spiro atoms. The average molecular weight is 758 g/mol. The van der Waals surface area contributed by atoms with Crippen LogP contribution in [-0.4, -0.2) is 258 Å². The van der Waals surface area contributed by atoms with Crippen molar-refractivity contribution in [3.8, 4) is 11.3 Å². The molecule has 3 nitrogen and oxygen atoms in total. The lowest BCUT2D eigenvalue weighted by molar-refractivity contribution is 0.00578. The Hall–Kier alpha value is 0.498. The summed E-state index contributed by atoms with van der Waals surface area (Å²) >= 11 is 0. The fraction of sp³-hybridized carbons (Fsp3) is 0.577. The predicted octanol–water partition coefficient (Wildman–Crippen LogP) is -7.13. The van der Waals surface area contributed by atoms with Crippen LogP contribution >= 0.6 is 0 Å². The van der Waals surface area contributed by atoms with Gasteiger partial charge in [-0.15, -0.1) is 0 Å². The molecule has 0 N–H and O–H groups in total. The fourth-order valence-electron chi connectivity index (χ4n) is 11.6. The summed E-state index contributed by atoms with van der Waals surface area (Å²) in [5.41, 5.74) is 5.89. The first-order valence-electron chi connectivity index (χ1n) is 22.4. The molecule has 1 saturated heterocycles. The molecule has 7 rings (SSSR count). The summed E-state index contributed by atoms with van der Waals surface area (Å²) in [6, 6.07) is 11.4. The molecule has 4 aliphatic carbocycles. The molecular formula is C26H32B34NO2. The van der Waals surface area contributed by atoms with E-state index in [0.29, 0.717) is 0 Å². The maximum Gasteiger partial charge on any atom is 0.496 e. The molecule has 4 bridgehead atoms. The van der Waals surface area contributed by atoms with Crippen LogP contribution in [0.4, 0.5) is 0 Å².